The third kappa shape index (κ3) is 3.51. The maximum absolute atomic E-state index is 5.32. The monoisotopic (exact) mass is 383 g/mol. The van der Waals surface area contributed by atoms with Gasteiger partial charge < -0.3 is 10.1 Å². The second-order valence-electron chi connectivity index (χ2n) is 4.24. The van der Waals surface area contributed by atoms with Crippen LogP contribution in [-0.4, -0.2) is 7.11 Å². The smallest absolute Gasteiger partial charge is 0.135 e. The first-order valence-corrected chi connectivity index (χ1v) is 7.55. The van der Waals surface area contributed by atoms with E-state index in [0.717, 1.165) is 20.4 Å². The molecule has 0 aliphatic rings. The first kappa shape index (κ1) is 14.4. The summed E-state index contributed by atoms with van der Waals surface area (Å²) < 4.78 is 7.25. The van der Waals surface area contributed by atoms with Gasteiger partial charge in [-0.15, -0.1) is 0 Å². The molecule has 0 spiro atoms. The van der Waals surface area contributed by atoms with Crippen molar-refractivity contribution in [1.82, 2.24) is 0 Å². The van der Waals surface area contributed by atoms with Crippen molar-refractivity contribution in [3.8, 4) is 5.75 Å². The predicted molar refractivity (Wildman–Crippen MR) is 86.9 cm³/mol. The van der Waals surface area contributed by atoms with E-state index in [9.17, 15) is 0 Å². The van der Waals surface area contributed by atoms with E-state index in [2.05, 4.69) is 56.2 Å². The summed E-state index contributed by atoms with van der Waals surface area (Å²) in [7, 11) is 1.67. The highest BCUT2D eigenvalue weighted by atomic mass is 79.9. The number of rotatable bonds is 4. The summed E-state index contributed by atoms with van der Waals surface area (Å²) in [5.74, 6) is 0.811. The van der Waals surface area contributed by atoms with Crippen molar-refractivity contribution in [1.29, 1.82) is 0 Å². The Labute approximate surface area is 130 Å². The van der Waals surface area contributed by atoms with E-state index < -0.39 is 0 Å². The maximum Gasteiger partial charge on any atom is 0.135 e. The summed E-state index contributed by atoms with van der Waals surface area (Å²) in [6.07, 6.45) is 0. The van der Waals surface area contributed by atoms with Gasteiger partial charge in [0.05, 0.1) is 17.3 Å². The third-order valence-electron chi connectivity index (χ3n) is 2.91. The fourth-order valence-electron chi connectivity index (χ4n) is 1.85. The largest absolute Gasteiger partial charge is 0.495 e. The zero-order chi connectivity index (χ0) is 13.8. The van der Waals surface area contributed by atoms with E-state index in [1.165, 1.54) is 5.56 Å². The number of methoxy groups -OCH3 is 1. The van der Waals surface area contributed by atoms with E-state index in [1.807, 2.05) is 30.3 Å². The Morgan fingerprint density at radius 3 is 2.37 bits per heavy atom. The average Bonchev–Trinajstić information content (AvgIpc) is 2.42. The van der Waals surface area contributed by atoms with E-state index in [1.54, 1.807) is 7.11 Å². The molecule has 2 aromatic rings. The van der Waals surface area contributed by atoms with E-state index in [4.69, 9.17) is 4.74 Å². The molecule has 0 radical (unpaired) electrons. The molecule has 0 aromatic heterocycles. The highest BCUT2D eigenvalue weighted by Crippen LogP contribution is 2.36. The molecule has 0 saturated heterocycles. The molecule has 0 fully saturated rings. The Kier molecular flexibility index (Phi) is 4.88. The normalized spacial score (nSPS) is 12.0. The molecule has 1 unspecified atom stereocenters. The molecular formula is C15H15Br2NO. The minimum absolute atomic E-state index is 0.225. The zero-order valence-corrected chi connectivity index (χ0v) is 14.0. The molecule has 4 heteroatoms. The average molecular weight is 385 g/mol. The van der Waals surface area contributed by atoms with Gasteiger partial charge in [0.2, 0.25) is 0 Å². The lowest BCUT2D eigenvalue weighted by Gasteiger charge is -2.18. The van der Waals surface area contributed by atoms with Crippen LogP contribution in [0.25, 0.3) is 0 Å². The molecule has 100 valence electrons. The Morgan fingerprint density at radius 2 is 1.74 bits per heavy atom. The van der Waals surface area contributed by atoms with Gasteiger partial charge in [0, 0.05) is 16.6 Å². The van der Waals surface area contributed by atoms with Gasteiger partial charge in [-0.25, -0.2) is 0 Å². The molecule has 0 aliphatic carbocycles. The van der Waals surface area contributed by atoms with Crippen LogP contribution in [0.2, 0.25) is 0 Å². The van der Waals surface area contributed by atoms with Crippen LogP contribution in [0.3, 0.4) is 0 Å². The summed E-state index contributed by atoms with van der Waals surface area (Å²) in [5, 5.41) is 3.48. The fraction of sp³-hybridized carbons (Fsp3) is 0.200. The van der Waals surface area contributed by atoms with Crippen LogP contribution in [0.5, 0.6) is 5.75 Å². The minimum atomic E-state index is 0.225. The number of halogens is 2. The van der Waals surface area contributed by atoms with Crippen molar-refractivity contribution in [2.75, 3.05) is 12.4 Å². The number of hydrogen-bond donors (Lipinski definition) is 1. The van der Waals surface area contributed by atoms with Gasteiger partial charge in [0.25, 0.3) is 0 Å². The maximum atomic E-state index is 5.32. The highest BCUT2D eigenvalue weighted by Gasteiger charge is 2.10. The van der Waals surface area contributed by atoms with Crippen LogP contribution < -0.4 is 10.1 Å². The molecule has 0 bridgehead atoms. The summed E-state index contributed by atoms with van der Waals surface area (Å²) in [5.41, 5.74) is 2.26. The SMILES string of the molecule is COc1cc(NC(C)c2ccccc2)c(Br)cc1Br. The van der Waals surface area contributed by atoms with Gasteiger partial charge in [0.15, 0.2) is 0 Å². The lowest BCUT2D eigenvalue weighted by Crippen LogP contribution is -2.07. The van der Waals surface area contributed by atoms with Gasteiger partial charge in [-0.2, -0.15) is 0 Å². The van der Waals surface area contributed by atoms with Gasteiger partial charge in [-0.3, -0.25) is 0 Å². The molecule has 2 aromatic carbocycles. The van der Waals surface area contributed by atoms with Gasteiger partial charge in [-0.05, 0) is 50.4 Å². The van der Waals surface area contributed by atoms with E-state index >= 15 is 0 Å². The fourth-order valence-corrected chi connectivity index (χ4v) is 3.12. The first-order chi connectivity index (χ1) is 9.11. The topological polar surface area (TPSA) is 21.3 Å². The van der Waals surface area contributed by atoms with Gasteiger partial charge >= 0.3 is 0 Å². The van der Waals surface area contributed by atoms with E-state index in [-0.39, 0.29) is 6.04 Å². The Balaban J connectivity index is 2.24. The number of hydrogen-bond acceptors (Lipinski definition) is 2. The molecule has 19 heavy (non-hydrogen) atoms. The van der Waals surface area contributed by atoms with Gasteiger partial charge in [0.1, 0.15) is 5.75 Å². The van der Waals surface area contributed by atoms with Crippen molar-refractivity contribution in [3.63, 3.8) is 0 Å². The molecule has 1 N–H and O–H groups in total. The van der Waals surface area contributed by atoms with Crippen LogP contribution in [0.1, 0.15) is 18.5 Å². The summed E-state index contributed by atoms with van der Waals surface area (Å²) in [6.45, 7) is 2.14. The second-order valence-corrected chi connectivity index (χ2v) is 5.95. The molecule has 2 rings (SSSR count). The highest BCUT2D eigenvalue weighted by molar-refractivity contribution is 9.11. The molecule has 0 saturated carbocycles. The van der Waals surface area contributed by atoms with E-state index in [0.29, 0.717) is 0 Å². The molecule has 0 aliphatic heterocycles. The molecule has 1 atom stereocenters. The molecular weight excluding hydrogens is 370 g/mol. The van der Waals surface area contributed by atoms with Gasteiger partial charge in [-0.1, -0.05) is 30.3 Å². The Bertz CT molecular complexity index is 558. The molecule has 0 amide bonds. The van der Waals surface area contributed by atoms with Crippen molar-refractivity contribution in [2.24, 2.45) is 0 Å². The van der Waals surface area contributed by atoms with Crippen LogP contribution in [0.15, 0.2) is 51.4 Å². The Hall–Kier alpha value is -1.000. The number of ether oxygens (including phenoxy) is 1. The van der Waals surface area contributed by atoms with Crippen LogP contribution in [-0.2, 0) is 0 Å². The predicted octanol–water partition coefficient (Wildman–Crippen LogP) is 5.39. The second kappa shape index (κ2) is 6.44. The zero-order valence-electron chi connectivity index (χ0n) is 10.8. The Morgan fingerprint density at radius 1 is 1.05 bits per heavy atom. The summed E-state index contributed by atoms with van der Waals surface area (Å²) in [4.78, 5) is 0. The van der Waals surface area contributed by atoms with Crippen molar-refractivity contribution >= 4 is 37.5 Å². The quantitative estimate of drug-likeness (QED) is 0.762. The van der Waals surface area contributed by atoms with Crippen molar-refractivity contribution < 1.29 is 4.74 Å². The third-order valence-corrected chi connectivity index (χ3v) is 4.19. The van der Waals surface area contributed by atoms with Crippen LogP contribution >= 0.6 is 31.9 Å². The summed E-state index contributed by atoms with van der Waals surface area (Å²) in [6, 6.07) is 14.5. The molecule has 0 heterocycles. The minimum Gasteiger partial charge on any atom is -0.495 e. The lowest BCUT2D eigenvalue weighted by molar-refractivity contribution is 0.412. The lowest BCUT2D eigenvalue weighted by atomic mass is 10.1. The number of nitrogens with one attached hydrogen (secondary N) is 1. The molecule has 2 nitrogen and oxygen atoms in total. The summed E-state index contributed by atoms with van der Waals surface area (Å²) >= 11 is 7.03. The van der Waals surface area contributed by atoms with Crippen molar-refractivity contribution in [3.05, 3.63) is 57.0 Å². The van der Waals surface area contributed by atoms with Crippen molar-refractivity contribution in [2.45, 2.75) is 13.0 Å². The number of benzene rings is 2. The number of anilines is 1. The van der Waals surface area contributed by atoms with Crippen LogP contribution in [0.4, 0.5) is 5.69 Å². The first-order valence-electron chi connectivity index (χ1n) is 5.96. The standard InChI is InChI=1S/C15H15Br2NO/c1-10(11-6-4-3-5-7-11)18-14-9-15(19-2)13(17)8-12(14)16/h3-10,18H,1-2H3. The van der Waals surface area contributed by atoms with Crippen LogP contribution in [0, 0.1) is 0 Å².